The summed E-state index contributed by atoms with van der Waals surface area (Å²) in [4.78, 5) is 35.7. The number of carbonyl (C=O) groups excluding carboxylic acids is 2. The summed E-state index contributed by atoms with van der Waals surface area (Å²) in [5.41, 5.74) is 2.00. The summed E-state index contributed by atoms with van der Waals surface area (Å²) >= 11 is 0. The lowest BCUT2D eigenvalue weighted by Crippen LogP contribution is -2.32. The zero-order valence-corrected chi connectivity index (χ0v) is 16.6. The molecule has 1 atom stereocenters. The number of aliphatic carboxylic acids is 1. The van der Waals surface area contributed by atoms with Gasteiger partial charge in [0.2, 0.25) is 0 Å². The number of benzene rings is 2. The molecule has 0 saturated carbocycles. The molecule has 28 heavy (non-hydrogen) atoms. The van der Waals surface area contributed by atoms with Gasteiger partial charge in [-0.1, -0.05) is 32.9 Å². The van der Waals surface area contributed by atoms with E-state index in [1.54, 1.807) is 55.5 Å². The van der Waals surface area contributed by atoms with Crippen molar-refractivity contribution in [2.75, 3.05) is 11.9 Å². The van der Waals surface area contributed by atoms with Crippen LogP contribution >= 0.6 is 0 Å². The molecule has 2 aromatic carbocycles. The molecule has 6 nitrogen and oxygen atoms in total. The number of carbonyl (C=O) groups is 3. The monoisotopic (exact) mass is 382 g/mol. The lowest BCUT2D eigenvalue weighted by molar-refractivity contribution is -0.138. The van der Waals surface area contributed by atoms with E-state index in [1.165, 1.54) is 0 Å². The fourth-order valence-corrected chi connectivity index (χ4v) is 2.45. The van der Waals surface area contributed by atoms with E-state index in [9.17, 15) is 14.4 Å². The first-order valence-corrected chi connectivity index (χ1v) is 9.09. The third-order valence-corrected chi connectivity index (χ3v) is 4.20. The van der Waals surface area contributed by atoms with Crippen molar-refractivity contribution in [3.05, 3.63) is 65.2 Å². The van der Waals surface area contributed by atoms with Crippen LogP contribution in [0, 0.1) is 5.41 Å². The molecule has 0 heterocycles. The summed E-state index contributed by atoms with van der Waals surface area (Å²) in [5, 5.41) is 14.7. The van der Waals surface area contributed by atoms with E-state index >= 15 is 0 Å². The van der Waals surface area contributed by atoms with E-state index in [-0.39, 0.29) is 17.2 Å². The van der Waals surface area contributed by atoms with Crippen molar-refractivity contribution in [3.63, 3.8) is 0 Å². The summed E-state index contributed by atoms with van der Waals surface area (Å²) in [7, 11) is 0. The molecule has 3 N–H and O–H groups in total. The second kappa shape index (κ2) is 8.69. The molecule has 1 unspecified atom stereocenters. The lowest BCUT2D eigenvalue weighted by Gasteiger charge is -2.18. The fraction of sp³-hybridized carbons (Fsp3) is 0.318. The molecule has 0 aliphatic rings. The zero-order chi connectivity index (χ0) is 20.9. The number of hydrogen-bond acceptors (Lipinski definition) is 3. The summed E-state index contributed by atoms with van der Waals surface area (Å²) in [6, 6.07) is 13.1. The van der Waals surface area contributed by atoms with Gasteiger partial charge in [-0.05, 0) is 54.3 Å². The first-order valence-electron chi connectivity index (χ1n) is 9.09. The first-order chi connectivity index (χ1) is 13.1. The average Bonchev–Trinajstić information content (AvgIpc) is 2.65. The van der Waals surface area contributed by atoms with E-state index in [0.717, 1.165) is 0 Å². The third kappa shape index (κ3) is 5.94. The normalized spacial score (nSPS) is 12.1. The Balaban J connectivity index is 2.04. The minimum atomic E-state index is -0.927. The number of hydrogen-bond donors (Lipinski definition) is 3. The number of anilines is 1. The molecule has 0 saturated heterocycles. The van der Waals surface area contributed by atoms with E-state index < -0.39 is 11.9 Å². The molecule has 2 aromatic rings. The second-order valence-electron chi connectivity index (χ2n) is 7.96. The number of nitrogens with one attached hydrogen (secondary N) is 2. The lowest BCUT2D eigenvalue weighted by atomic mass is 9.97. The van der Waals surface area contributed by atoms with Crippen LogP contribution in [0.4, 0.5) is 5.69 Å². The van der Waals surface area contributed by atoms with Crippen molar-refractivity contribution in [1.29, 1.82) is 0 Å². The highest BCUT2D eigenvalue weighted by molar-refractivity contribution is 6.05. The maximum atomic E-state index is 12.4. The Morgan fingerprint density at radius 1 is 0.964 bits per heavy atom. The molecule has 0 spiro atoms. The van der Waals surface area contributed by atoms with Gasteiger partial charge >= 0.3 is 5.97 Å². The molecule has 0 aliphatic carbocycles. The van der Waals surface area contributed by atoms with E-state index in [4.69, 9.17) is 5.11 Å². The van der Waals surface area contributed by atoms with Crippen LogP contribution in [0.2, 0.25) is 0 Å². The van der Waals surface area contributed by atoms with Crippen LogP contribution in [-0.2, 0) is 4.79 Å². The summed E-state index contributed by atoms with van der Waals surface area (Å²) < 4.78 is 0. The molecule has 2 amide bonds. The molecular formula is C22H26N2O4. The van der Waals surface area contributed by atoms with Crippen molar-refractivity contribution in [2.24, 2.45) is 5.41 Å². The Bertz CT molecular complexity index is 867. The van der Waals surface area contributed by atoms with Gasteiger partial charge in [0.1, 0.15) is 0 Å². The molecule has 0 fully saturated rings. The predicted molar refractivity (Wildman–Crippen MR) is 109 cm³/mol. The average molecular weight is 382 g/mol. The minimum Gasteiger partial charge on any atom is -0.481 e. The van der Waals surface area contributed by atoms with Gasteiger partial charge in [-0.25, -0.2) is 0 Å². The van der Waals surface area contributed by atoms with E-state index in [1.807, 2.05) is 20.8 Å². The number of carboxylic acids is 1. The Kier molecular flexibility index (Phi) is 6.57. The van der Waals surface area contributed by atoms with Gasteiger partial charge in [-0.15, -0.1) is 0 Å². The van der Waals surface area contributed by atoms with Gasteiger partial charge in [0.25, 0.3) is 11.8 Å². The van der Waals surface area contributed by atoms with Crippen LogP contribution in [0.5, 0.6) is 0 Å². The van der Waals surface area contributed by atoms with Crippen molar-refractivity contribution in [3.8, 4) is 0 Å². The topological polar surface area (TPSA) is 95.5 Å². The molecule has 0 aliphatic heterocycles. The Hall–Kier alpha value is -3.15. The fourth-order valence-electron chi connectivity index (χ4n) is 2.45. The summed E-state index contributed by atoms with van der Waals surface area (Å²) in [6.45, 7) is 8.25. The minimum absolute atomic E-state index is 0.0117. The van der Waals surface area contributed by atoms with Crippen molar-refractivity contribution < 1.29 is 19.5 Å². The molecule has 2 rings (SSSR count). The maximum Gasteiger partial charge on any atom is 0.310 e. The molecular weight excluding hydrogens is 356 g/mol. The van der Waals surface area contributed by atoms with Crippen LogP contribution in [-0.4, -0.2) is 29.4 Å². The van der Waals surface area contributed by atoms with Crippen LogP contribution in [0.3, 0.4) is 0 Å². The predicted octanol–water partition coefficient (Wildman–Crippen LogP) is 3.90. The molecule has 148 valence electrons. The third-order valence-electron chi connectivity index (χ3n) is 4.20. The summed E-state index contributed by atoms with van der Waals surface area (Å²) in [6.07, 6.45) is 0. The highest BCUT2D eigenvalue weighted by atomic mass is 16.4. The largest absolute Gasteiger partial charge is 0.481 e. The van der Waals surface area contributed by atoms with Gasteiger partial charge < -0.3 is 15.7 Å². The van der Waals surface area contributed by atoms with Gasteiger partial charge in [0, 0.05) is 23.4 Å². The molecule has 6 heteroatoms. The SMILES string of the molecule is CC(C(=O)O)c1cccc(NC(=O)c2ccc(C(=O)NCC(C)(C)C)cc2)c1. The maximum absolute atomic E-state index is 12.4. The van der Waals surface area contributed by atoms with Gasteiger partial charge in [-0.3, -0.25) is 14.4 Å². The Labute approximate surface area is 165 Å². The van der Waals surface area contributed by atoms with Crippen LogP contribution in [0.25, 0.3) is 0 Å². The van der Waals surface area contributed by atoms with Crippen LogP contribution in [0.15, 0.2) is 48.5 Å². The Morgan fingerprint density at radius 2 is 1.54 bits per heavy atom. The second-order valence-corrected chi connectivity index (χ2v) is 7.96. The van der Waals surface area contributed by atoms with Gasteiger partial charge in [0.05, 0.1) is 5.92 Å². The summed E-state index contributed by atoms with van der Waals surface area (Å²) in [5.74, 6) is -2.11. The van der Waals surface area contributed by atoms with Crippen LogP contribution in [0.1, 0.15) is 59.9 Å². The molecule has 0 radical (unpaired) electrons. The highest BCUT2D eigenvalue weighted by Crippen LogP contribution is 2.20. The van der Waals surface area contributed by atoms with Crippen molar-refractivity contribution in [1.82, 2.24) is 5.32 Å². The zero-order valence-electron chi connectivity index (χ0n) is 16.6. The van der Waals surface area contributed by atoms with E-state index in [0.29, 0.717) is 28.9 Å². The quantitative estimate of drug-likeness (QED) is 0.706. The van der Waals surface area contributed by atoms with Crippen LogP contribution < -0.4 is 10.6 Å². The number of amides is 2. The van der Waals surface area contributed by atoms with E-state index in [2.05, 4.69) is 10.6 Å². The number of rotatable bonds is 6. The van der Waals surface area contributed by atoms with Gasteiger partial charge in [-0.2, -0.15) is 0 Å². The number of carboxylic acid groups (broad SMARTS) is 1. The van der Waals surface area contributed by atoms with Crippen molar-refractivity contribution >= 4 is 23.5 Å². The smallest absolute Gasteiger partial charge is 0.310 e. The molecule has 0 bridgehead atoms. The standard InChI is InChI=1S/C22H26N2O4/c1-14(21(27)28)17-6-5-7-18(12-17)24-20(26)16-10-8-15(9-11-16)19(25)23-13-22(2,3)4/h5-12,14H,13H2,1-4H3,(H,23,25)(H,24,26)(H,27,28). The van der Waals surface area contributed by atoms with Gasteiger partial charge in [0.15, 0.2) is 0 Å². The molecule has 0 aromatic heterocycles. The Morgan fingerprint density at radius 3 is 2.07 bits per heavy atom. The van der Waals surface area contributed by atoms with Crippen molar-refractivity contribution in [2.45, 2.75) is 33.6 Å². The first kappa shape index (κ1) is 21.2. The highest BCUT2D eigenvalue weighted by Gasteiger charge is 2.16.